The molecule has 0 saturated carbocycles. The lowest BCUT2D eigenvalue weighted by Crippen LogP contribution is -2.34. The second-order valence-corrected chi connectivity index (χ2v) is 7.44. The summed E-state index contributed by atoms with van der Waals surface area (Å²) in [5.41, 5.74) is 3.46. The van der Waals surface area contributed by atoms with Crippen molar-refractivity contribution >= 4 is 11.8 Å². The molecule has 0 fully saturated rings. The van der Waals surface area contributed by atoms with E-state index in [0.29, 0.717) is 54.6 Å². The third-order valence-electron chi connectivity index (χ3n) is 5.48. The number of hydrogen-bond donors (Lipinski definition) is 1. The average molecular weight is 430 g/mol. The summed E-state index contributed by atoms with van der Waals surface area (Å²) >= 11 is 0. The van der Waals surface area contributed by atoms with Crippen LogP contribution >= 0.6 is 0 Å². The molecule has 1 heterocycles. The lowest BCUT2D eigenvalue weighted by atomic mass is 9.75. The number of rotatable bonds is 9. The molecule has 168 valence electrons. The van der Waals surface area contributed by atoms with Gasteiger partial charge in [0.15, 0.2) is 17.3 Å². The number of esters is 1. The molecule has 1 aliphatic heterocycles. The Labute approximate surface area is 183 Å². The van der Waals surface area contributed by atoms with Crippen molar-refractivity contribution in [1.82, 2.24) is 5.32 Å². The maximum atomic E-state index is 13.1. The van der Waals surface area contributed by atoms with Gasteiger partial charge in [-0.3, -0.25) is 4.79 Å². The number of ether oxygens (including phenoxy) is 4. The van der Waals surface area contributed by atoms with Gasteiger partial charge in [-0.2, -0.15) is 0 Å². The number of methoxy groups -OCH3 is 1. The monoisotopic (exact) mass is 429 g/mol. The first kappa shape index (κ1) is 22.9. The quantitative estimate of drug-likeness (QED) is 0.474. The molecule has 0 spiro atoms. The van der Waals surface area contributed by atoms with Gasteiger partial charge in [-0.15, -0.1) is 0 Å². The number of nitrogens with one attached hydrogen (secondary N) is 1. The number of carbonyl (C=O) groups excluding carboxylic acids is 2. The second-order valence-electron chi connectivity index (χ2n) is 7.44. The Morgan fingerprint density at radius 1 is 1.13 bits per heavy atom. The standard InChI is InChI=1S/C24H31NO6/c1-5-29-12-13-31-24(27)21-15(3)25-17-8-7-9-18(26)23(17)22(21)16-10-11-19(30-6-2)20(14-16)28-4/h10-11,14,22,25H,5-9,12-13H2,1-4H3/t22-/m1/s1. The molecule has 7 heteroatoms. The zero-order valence-electron chi connectivity index (χ0n) is 18.7. The van der Waals surface area contributed by atoms with Crippen molar-refractivity contribution < 1.29 is 28.5 Å². The fourth-order valence-corrected chi connectivity index (χ4v) is 4.14. The topological polar surface area (TPSA) is 83.1 Å². The summed E-state index contributed by atoms with van der Waals surface area (Å²) in [6.07, 6.45) is 2.04. The summed E-state index contributed by atoms with van der Waals surface area (Å²) in [6.45, 7) is 7.19. The van der Waals surface area contributed by atoms with Gasteiger partial charge >= 0.3 is 5.97 Å². The van der Waals surface area contributed by atoms with Crippen LogP contribution in [0.5, 0.6) is 11.5 Å². The van der Waals surface area contributed by atoms with Crippen molar-refractivity contribution in [2.24, 2.45) is 0 Å². The molecule has 1 N–H and O–H groups in total. The Kier molecular flexibility index (Phi) is 7.74. The van der Waals surface area contributed by atoms with E-state index in [4.69, 9.17) is 18.9 Å². The van der Waals surface area contributed by atoms with E-state index in [1.165, 1.54) is 0 Å². The first-order chi connectivity index (χ1) is 15.0. The molecular formula is C24H31NO6. The highest BCUT2D eigenvalue weighted by molar-refractivity contribution is 6.03. The minimum absolute atomic E-state index is 0.0544. The van der Waals surface area contributed by atoms with Crippen molar-refractivity contribution in [2.45, 2.75) is 46.0 Å². The Hall–Kier alpha value is -2.80. The highest BCUT2D eigenvalue weighted by Crippen LogP contribution is 2.44. The normalized spacial score (nSPS) is 18.5. The molecule has 0 aromatic heterocycles. The van der Waals surface area contributed by atoms with E-state index in [-0.39, 0.29) is 12.4 Å². The van der Waals surface area contributed by atoms with Crippen LogP contribution in [0.1, 0.15) is 51.5 Å². The van der Waals surface area contributed by atoms with Crippen molar-refractivity contribution in [3.8, 4) is 11.5 Å². The molecule has 3 rings (SSSR count). The fourth-order valence-electron chi connectivity index (χ4n) is 4.14. The molecule has 7 nitrogen and oxygen atoms in total. The van der Waals surface area contributed by atoms with Gasteiger partial charge < -0.3 is 24.3 Å². The highest BCUT2D eigenvalue weighted by atomic mass is 16.6. The minimum Gasteiger partial charge on any atom is -0.493 e. The van der Waals surface area contributed by atoms with Crippen LogP contribution in [0.3, 0.4) is 0 Å². The van der Waals surface area contributed by atoms with Gasteiger partial charge in [0.1, 0.15) is 6.61 Å². The molecular weight excluding hydrogens is 398 g/mol. The molecule has 0 saturated heterocycles. The van der Waals surface area contributed by atoms with E-state index in [9.17, 15) is 9.59 Å². The molecule has 1 aromatic rings. The van der Waals surface area contributed by atoms with Crippen LogP contribution < -0.4 is 14.8 Å². The predicted octanol–water partition coefficient (Wildman–Crippen LogP) is 3.64. The van der Waals surface area contributed by atoms with Gasteiger partial charge in [0.05, 0.1) is 25.9 Å². The minimum atomic E-state index is -0.520. The summed E-state index contributed by atoms with van der Waals surface area (Å²) in [4.78, 5) is 26.1. The van der Waals surface area contributed by atoms with Crippen LogP contribution in [0.4, 0.5) is 0 Å². The van der Waals surface area contributed by atoms with Crippen molar-refractivity contribution in [3.05, 3.63) is 46.3 Å². The third kappa shape index (κ3) is 4.93. The zero-order chi connectivity index (χ0) is 22.4. The molecule has 1 aromatic carbocycles. The Morgan fingerprint density at radius 3 is 2.65 bits per heavy atom. The van der Waals surface area contributed by atoms with Crippen LogP contribution in [0, 0.1) is 0 Å². The van der Waals surface area contributed by atoms with Crippen LogP contribution in [-0.2, 0) is 19.1 Å². The molecule has 0 unspecified atom stereocenters. The molecule has 31 heavy (non-hydrogen) atoms. The van der Waals surface area contributed by atoms with Gasteiger partial charge in [-0.25, -0.2) is 4.79 Å². The lowest BCUT2D eigenvalue weighted by Gasteiger charge is -2.34. The molecule has 2 aliphatic rings. The van der Waals surface area contributed by atoms with Crippen molar-refractivity contribution in [3.63, 3.8) is 0 Å². The number of Topliss-reactive ketones (excluding diaryl/α,β-unsaturated/α-hetero) is 1. The maximum Gasteiger partial charge on any atom is 0.336 e. The SMILES string of the molecule is CCOCCOC(=O)C1=C(C)NC2=C(C(=O)CCC2)[C@@H]1c1ccc(OCC)c(OC)c1. The van der Waals surface area contributed by atoms with Gasteiger partial charge in [-0.1, -0.05) is 6.07 Å². The summed E-state index contributed by atoms with van der Waals surface area (Å²) in [7, 11) is 1.57. The molecule has 0 amide bonds. The van der Waals surface area contributed by atoms with Crippen LogP contribution in [-0.4, -0.2) is 45.3 Å². The first-order valence-corrected chi connectivity index (χ1v) is 10.8. The molecule has 0 radical (unpaired) electrons. The fraction of sp³-hybridized carbons (Fsp3) is 0.500. The summed E-state index contributed by atoms with van der Waals surface area (Å²) < 4.78 is 21.9. The van der Waals surface area contributed by atoms with E-state index in [0.717, 1.165) is 24.1 Å². The maximum absolute atomic E-state index is 13.1. The van der Waals surface area contributed by atoms with Crippen molar-refractivity contribution in [1.29, 1.82) is 0 Å². The number of allylic oxidation sites excluding steroid dienone is 3. The Balaban J connectivity index is 2.03. The van der Waals surface area contributed by atoms with Crippen molar-refractivity contribution in [2.75, 3.05) is 33.5 Å². The lowest BCUT2D eigenvalue weighted by molar-refractivity contribution is -0.140. The summed E-state index contributed by atoms with van der Waals surface area (Å²) in [5, 5.41) is 3.29. The van der Waals surface area contributed by atoms with E-state index < -0.39 is 11.9 Å². The number of benzene rings is 1. The van der Waals surface area contributed by atoms with E-state index in [2.05, 4.69) is 5.32 Å². The van der Waals surface area contributed by atoms with Crippen LogP contribution in [0.25, 0.3) is 0 Å². The van der Waals surface area contributed by atoms with Gasteiger partial charge in [-0.05, 0) is 51.3 Å². The molecule has 0 bridgehead atoms. The number of hydrogen-bond acceptors (Lipinski definition) is 7. The number of ketones is 1. The highest BCUT2D eigenvalue weighted by Gasteiger charge is 2.39. The predicted molar refractivity (Wildman–Crippen MR) is 116 cm³/mol. The first-order valence-electron chi connectivity index (χ1n) is 10.8. The smallest absolute Gasteiger partial charge is 0.336 e. The van der Waals surface area contributed by atoms with Gasteiger partial charge in [0, 0.05) is 35.9 Å². The Morgan fingerprint density at radius 2 is 1.94 bits per heavy atom. The molecule has 1 aliphatic carbocycles. The van der Waals surface area contributed by atoms with E-state index >= 15 is 0 Å². The number of carbonyl (C=O) groups is 2. The van der Waals surface area contributed by atoms with Gasteiger partial charge in [0.25, 0.3) is 0 Å². The Bertz CT molecular complexity index is 901. The summed E-state index contributed by atoms with van der Waals surface area (Å²) in [6, 6.07) is 5.55. The van der Waals surface area contributed by atoms with Gasteiger partial charge in [0.2, 0.25) is 0 Å². The molecule has 1 atom stereocenters. The van der Waals surface area contributed by atoms with Crippen LogP contribution in [0.15, 0.2) is 40.7 Å². The average Bonchev–Trinajstić information content (AvgIpc) is 2.76. The van der Waals surface area contributed by atoms with Crippen LogP contribution in [0.2, 0.25) is 0 Å². The summed E-state index contributed by atoms with van der Waals surface area (Å²) in [5.74, 6) is 0.262. The second kappa shape index (κ2) is 10.5. The zero-order valence-corrected chi connectivity index (χ0v) is 18.7. The largest absolute Gasteiger partial charge is 0.493 e. The third-order valence-corrected chi connectivity index (χ3v) is 5.48. The number of dihydropyridines is 1. The van der Waals surface area contributed by atoms with E-state index in [1.54, 1.807) is 7.11 Å². The van der Waals surface area contributed by atoms with E-state index in [1.807, 2.05) is 39.0 Å².